The van der Waals surface area contributed by atoms with Crippen LogP contribution in [-0.4, -0.2) is 95.9 Å². The molecule has 0 spiro atoms. The van der Waals surface area contributed by atoms with Gasteiger partial charge in [0.25, 0.3) is 0 Å². The Balaban J connectivity index is 1.29. The first-order chi connectivity index (χ1) is 17.5. The standard InChI is InChI=1S/C24H34N8O5/c1-24(2,3)14-5-7-15(8-6-14)29-23(35)32(36)10-9-30(4)11-16-18(33)19(34)22(37-16)31-13-28-17-20(25)26-12-27-21(17)31/h5-8,12-13,16,18-19,22,33-34,36H,9-11H2,1-4H3,(H,29,35)(H2,25,26,27)/t16-,18-,19-,22-/m1/s1. The van der Waals surface area contributed by atoms with Crippen LogP contribution in [0.25, 0.3) is 11.2 Å². The molecule has 0 aliphatic carbocycles. The second-order valence-corrected chi connectivity index (χ2v) is 10.3. The number of benzene rings is 1. The minimum atomic E-state index is -1.23. The van der Waals surface area contributed by atoms with Crippen molar-refractivity contribution in [3.05, 3.63) is 42.5 Å². The second-order valence-electron chi connectivity index (χ2n) is 10.3. The van der Waals surface area contributed by atoms with Crippen molar-refractivity contribution in [1.29, 1.82) is 0 Å². The molecule has 1 saturated heterocycles. The van der Waals surface area contributed by atoms with Gasteiger partial charge in [0.15, 0.2) is 17.7 Å². The average Bonchev–Trinajstić information content (AvgIpc) is 3.39. The fourth-order valence-electron chi connectivity index (χ4n) is 4.17. The number of carbonyl (C=O) groups is 1. The van der Waals surface area contributed by atoms with Crippen LogP contribution in [0.15, 0.2) is 36.9 Å². The lowest BCUT2D eigenvalue weighted by Gasteiger charge is -2.24. The third-order valence-electron chi connectivity index (χ3n) is 6.42. The van der Waals surface area contributed by atoms with Crippen LogP contribution in [0.2, 0.25) is 0 Å². The van der Waals surface area contributed by atoms with E-state index in [9.17, 15) is 20.2 Å². The number of nitrogens with one attached hydrogen (secondary N) is 1. The number of nitrogens with two attached hydrogens (primary N) is 1. The molecular formula is C24H34N8O5. The van der Waals surface area contributed by atoms with Crippen LogP contribution in [0.3, 0.4) is 0 Å². The van der Waals surface area contributed by atoms with Crippen LogP contribution in [0, 0.1) is 0 Å². The fraction of sp³-hybridized carbons (Fsp3) is 0.500. The van der Waals surface area contributed by atoms with E-state index in [2.05, 4.69) is 41.0 Å². The van der Waals surface area contributed by atoms with Gasteiger partial charge in [-0.05, 0) is 30.2 Å². The molecule has 1 fully saturated rings. The van der Waals surface area contributed by atoms with E-state index in [1.165, 1.54) is 17.2 Å². The van der Waals surface area contributed by atoms with Crippen molar-refractivity contribution in [3.8, 4) is 0 Å². The number of carbonyl (C=O) groups excluding carboxylic acids is 1. The number of fused-ring (bicyclic) bond motifs is 1. The maximum absolute atomic E-state index is 12.4. The summed E-state index contributed by atoms with van der Waals surface area (Å²) in [5, 5.41) is 34.7. The quantitative estimate of drug-likeness (QED) is 0.227. The summed E-state index contributed by atoms with van der Waals surface area (Å²) in [6, 6.07) is 6.81. The first-order valence-corrected chi connectivity index (χ1v) is 12.0. The van der Waals surface area contributed by atoms with Crippen LogP contribution < -0.4 is 11.1 Å². The second kappa shape index (κ2) is 10.6. The Morgan fingerprint density at radius 2 is 1.84 bits per heavy atom. The number of rotatable bonds is 7. The molecular weight excluding hydrogens is 480 g/mol. The highest BCUT2D eigenvalue weighted by molar-refractivity contribution is 5.88. The lowest BCUT2D eigenvalue weighted by atomic mass is 9.87. The first kappa shape index (κ1) is 26.7. The molecule has 13 heteroatoms. The van der Waals surface area contributed by atoms with Crippen LogP contribution in [-0.2, 0) is 10.2 Å². The summed E-state index contributed by atoms with van der Waals surface area (Å²) >= 11 is 0. The molecule has 4 atom stereocenters. The van der Waals surface area contributed by atoms with Crippen LogP contribution in [0.4, 0.5) is 16.3 Å². The van der Waals surface area contributed by atoms with Gasteiger partial charge < -0.3 is 30.9 Å². The summed E-state index contributed by atoms with van der Waals surface area (Å²) in [7, 11) is 1.76. The van der Waals surface area contributed by atoms with Crippen LogP contribution in [0.1, 0.15) is 32.6 Å². The number of hydroxylamine groups is 2. The number of anilines is 2. The number of nitrogen functional groups attached to an aromatic ring is 1. The number of aliphatic hydroxyl groups excluding tert-OH is 2. The number of imidazole rings is 1. The topological polar surface area (TPSA) is 175 Å². The van der Waals surface area contributed by atoms with Crippen molar-refractivity contribution < 1.29 is 25.0 Å². The summed E-state index contributed by atoms with van der Waals surface area (Å²) in [5.41, 5.74) is 8.29. The molecule has 6 N–H and O–H groups in total. The Hall–Kier alpha value is -3.36. The molecule has 2 amide bonds. The number of aromatic nitrogens is 4. The van der Waals surface area contributed by atoms with E-state index in [0.29, 0.717) is 21.9 Å². The molecule has 0 bridgehead atoms. The summed E-state index contributed by atoms with van der Waals surface area (Å²) in [6.07, 6.45) is -1.33. The van der Waals surface area contributed by atoms with Gasteiger partial charge in [-0.1, -0.05) is 32.9 Å². The highest BCUT2D eigenvalue weighted by Gasteiger charge is 2.44. The molecule has 3 aromatic rings. The Labute approximate surface area is 214 Å². The molecule has 0 radical (unpaired) electrons. The zero-order chi connectivity index (χ0) is 26.9. The van der Waals surface area contributed by atoms with E-state index in [1.54, 1.807) is 24.1 Å². The molecule has 13 nitrogen and oxygen atoms in total. The minimum absolute atomic E-state index is 0.00225. The number of urea groups is 1. The smallest absolute Gasteiger partial charge is 0.345 e. The number of nitrogens with zero attached hydrogens (tertiary/aromatic N) is 6. The van der Waals surface area contributed by atoms with Crippen LogP contribution in [0.5, 0.6) is 0 Å². The van der Waals surface area contributed by atoms with E-state index in [-0.39, 0.29) is 30.9 Å². The molecule has 1 aliphatic rings. The molecule has 3 heterocycles. The maximum atomic E-state index is 12.4. The maximum Gasteiger partial charge on any atom is 0.345 e. The van der Waals surface area contributed by atoms with E-state index < -0.39 is 30.6 Å². The number of aliphatic hydroxyl groups is 2. The van der Waals surface area contributed by atoms with Gasteiger partial charge in [-0.2, -0.15) is 0 Å². The third-order valence-corrected chi connectivity index (χ3v) is 6.42. The van der Waals surface area contributed by atoms with E-state index in [1.807, 2.05) is 12.1 Å². The monoisotopic (exact) mass is 514 g/mol. The van der Waals surface area contributed by atoms with Crippen molar-refractivity contribution in [2.45, 2.75) is 50.7 Å². The van der Waals surface area contributed by atoms with Crippen molar-refractivity contribution >= 4 is 28.7 Å². The Morgan fingerprint density at radius 1 is 1.14 bits per heavy atom. The van der Waals surface area contributed by atoms with E-state index in [0.717, 1.165) is 5.56 Å². The molecule has 1 aliphatic heterocycles. The number of likely N-dealkylation sites (N-methyl/N-ethyl adjacent to an activating group) is 1. The largest absolute Gasteiger partial charge is 0.387 e. The van der Waals surface area contributed by atoms with Gasteiger partial charge >= 0.3 is 6.03 Å². The molecule has 2 aromatic heterocycles. The van der Waals surface area contributed by atoms with E-state index >= 15 is 0 Å². The minimum Gasteiger partial charge on any atom is -0.387 e. The zero-order valence-electron chi connectivity index (χ0n) is 21.3. The Kier molecular flexibility index (Phi) is 7.62. The van der Waals surface area contributed by atoms with E-state index in [4.69, 9.17) is 10.5 Å². The number of ether oxygens (including phenoxy) is 1. The van der Waals surface area contributed by atoms with Gasteiger partial charge in [0, 0.05) is 18.8 Å². The SMILES string of the molecule is CN(CCN(O)C(=O)Nc1ccc(C(C)(C)C)cc1)C[C@H]1O[C@@H](n2cnc3c(N)ncnc32)[C@H](O)[C@@H]1O. The van der Waals surface area contributed by atoms with Gasteiger partial charge in [0.2, 0.25) is 0 Å². The van der Waals surface area contributed by atoms with Crippen molar-refractivity contribution in [3.63, 3.8) is 0 Å². The summed E-state index contributed by atoms with van der Waals surface area (Å²) < 4.78 is 7.45. The summed E-state index contributed by atoms with van der Waals surface area (Å²) in [4.78, 5) is 26.4. The summed E-state index contributed by atoms with van der Waals surface area (Å²) in [5.74, 6) is 0.201. The molecule has 0 saturated carbocycles. The van der Waals surface area contributed by atoms with Gasteiger partial charge in [0.1, 0.15) is 30.2 Å². The molecule has 37 heavy (non-hydrogen) atoms. The van der Waals surface area contributed by atoms with Gasteiger partial charge in [-0.3, -0.25) is 9.77 Å². The number of hydrogen-bond donors (Lipinski definition) is 5. The molecule has 4 rings (SSSR count). The lowest BCUT2D eigenvalue weighted by molar-refractivity contribution is -0.0546. The van der Waals surface area contributed by atoms with Gasteiger partial charge in [0.05, 0.1) is 12.9 Å². The highest BCUT2D eigenvalue weighted by Crippen LogP contribution is 2.32. The van der Waals surface area contributed by atoms with Crippen molar-refractivity contribution in [2.24, 2.45) is 0 Å². The molecule has 1 aromatic carbocycles. The predicted molar refractivity (Wildman–Crippen MR) is 136 cm³/mol. The summed E-state index contributed by atoms with van der Waals surface area (Å²) in [6.45, 7) is 6.86. The lowest BCUT2D eigenvalue weighted by Crippen LogP contribution is -2.42. The Morgan fingerprint density at radius 3 is 2.51 bits per heavy atom. The number of hydrogen-bond acceptors (Lipinski definition) is 10. The first-order valence-electron chi connectivity index (χ1n) is 12.0. The molecule has 200 valence electrons. The van der Waals surface area contributed by atoms with Crippen molar-refractivity contribution in [1.82, 2.24) is 29.5 Å². The predicted octanol–water partition coefficient (Wildman–Crippen LogP) is 1.18. The highest BCUT2D eigenvalue weighted by atomic mass is 16.6. The average molecular weight is 515 g/mol. The van der Waals surface area contributed by atoms with Crippen LogP contribution >= 0.6 is 0 Å². The fourth-order valence-corrected chi connectivity index (χ4v) is 4.17. The normalized spacial score (nSPS) is 22.1. The Bertz CT molecular complexity index is 1230. The zero-order valence-corrected chi connectivity index (χ0v) is 21.3. The van der Waals surface area contributed by atoms with Gasteiger partial charge in [-0.15, -0.1) is 0 Å². The number of amides is 2. The van der Waals surface area contributed by atoms with Crippen molar-refractivity contribution in [2.75, 3.05) is 37.7 Å². The third kappa shape index (κ3) is 5.81. The molecule has 0 unspecified atom stereocenters. The van der Waals surface area contributed by atoms with Gasteiger partial charge in [-0.25, -0.2) is 24.8 Å².